The van der Waals surface area contributed by atoms with Gasteiger partial charge in [-0.1, -0.05) is 6.92 Å². The molecule has 0 radical (unpaired) electrons. The van der Waals surface area contributed by atoms with E-state index in [9.17, 15) is 8.42 Å². The molecule has 5 nitrogen and oxygen atoms in total. The molecule has 2 saturated heterocycles. The molecule has 2 atom stereocenters. The highest BCUT2D eigenvalue weighted by Crippen LogP contribution is 2.19. The van der Waals surface area contributed by atoms with Gasteiger partial charge in [-0.3, -0.25) is 0 Å². The van der Waals surface area contributed by atoms with Crippen molar-refractivity contribution >= 4 is 10.0 Å². The third-order valence-electron chi connectivity index (χ3n) is 4.69. The highest BCUT2D eigenvalue weighted by molar-refractivity contribution is 7.89. The van der Waals surface area contributed by atoms with Gasteiger partial charge < -0.3 is 10.2 Å². The Morgan fingerprint density at radius 3 is 2.60 bits per heavy atom. The predicted molar refractivity (Wildman–Crippen MR) is 82.2 cm³/mol. The summed E-state index contributed by atoms with van der Waals surface area (Å²) in [5.41, 5.74) is 0. The van der Waals surface area contributed by atoms with Gasteiger partial charge in [0, 0.05) is 12.6 Å². The zero-order chi connectivity index (χ0) is 14.6. The fourth-order valence-electron chi connectivity index (χ4n) is 3.31. The first-order chi connectivity index (χ1) is 9.46. The van der Waals surface area contributed by atoms with E-state index in [0.29, 0.717) is 11.8 Å². The predicted octanol–water partition coefficient (Wildman–Crippen LogP) is 0.636. The monoisotopic (exact) mass is 303 g/mol. The molecule has 0 aromatic rings. The van der Waals surface area contributed by atoms with E-state index in [1.54, 1.807) is 0 Å². The summed E-state index contributed by atoms with van der Waals surface area (Å²) in [5, 5.41) is 3.32. The summed E-state index contributed by atoms with van der Waals surface area (Å²) in [6, 6.07) is 0.115. The maximum atomic E-state index is 12.2. The lowest BCUT2D eigenvalue weighted by molar-refractivity contribution is 0.188. The molecule has 2 fully saturated rings. The van der Waals surface area contributed by atoms with Gasteiger partial charge in [0.05, 0.1) is 5.75 Å². The Kier molecular flexibility index (Phi) is 5.84. The summed E-state index contributed by atoms with van der Waals surface area (Å²) in [6.45, 7) is 6.15. The third-order valence-corrected chi connectivity index (χ3v) is 6.13. The molecule has 118 valence electrons. The Labute approximate surface area is 123 Å². The van der Waals surface area contributed by atoms with Crippen LogP contribution in [0.4, 0.5) is 0 Å². The van der Waals surface area contributed by atoms with Gasteiger partial charge in [-0.2, -0.15) is 0 Å². The second-order valence-electron chi connectivity index (χ2n) is 6.55. The molecule has 2 N–H and O–H groups in total. The van der Waals surface area contributed by atoms with Crippen LogP contribution in [0.3, 0.4) is 0 Å². The number of nitrogens with one attached hydrogen (secondary N) is 2. The maximum absolute atomic E-state index is 12.2. The van der Waals surface area contributed by atoms with Gasteiger partial charge in [0.1, 0.15) is 0 Å². The van der Waals surface area contributed by atoms with Crippen LogP contribution in [-0.2, 0) is 10.0 Å². The largest absolute Gasteiger partial charge is 0.317 e. The van der Waals surface area contributed by atoms with Crippen molar-refractivity contribution < 1.29 is 8.42 Å². The van der Waals surface area contributed by atoms with Crippen LogP contribution in [0.2, 0.25) is 0 Å². The van der Waals surface area contributed by atoms with Gasteiger partial charge in [0.2, 0.25) is 10.0 Å². The van der Waals surface area contributed by atoms with Crippen LogP contribution >= 0.6 is 0 Å². The smallest absolute Gasteiger partial charge is 0.211 e. The fourth-order valence-corrected chi connectivity index (χ4v) is 4.88. The number of rotatable bonds is 5. The minimum absolute atomic E-state index is 0.115. The molecule has 0 spiro atoms. The Hall–Kier alpha value is -0.170. The van der Waals surface area contributed by atoms with E-state index < -0.39 is 10.0 Å². The van der Waals surface area contributed by atoms with Crippen molar-refractivity contribution in [2.75, 3.05) is 39.0 Å². The number of likely N-dealkylation sites (tertiary alicyclic amines) is 1. The van der Waals surface area contributed by atoms with Crippen molar-refractivity contribution in [2.24, 2.45) is 11.8 Å². The van der Waals surface area contributed by atoms with Crippen molar-refractivity contribution in [1.82, 2.24) is 14.9 Å². The summed E-state index contributed by atoms with van der Waals surface area (Å²) in [7, 11) is -1.02. The lowest BCUT2D eigenvalue weighted by atomic mass is 9.95. The molecule has 2 rings (SSSR count). The molecule has 20 heavy (non-hydrogen) atoms. The lowest BCUT2D eigenvalue weighted by Gasteiger charge is -2.35. The van der Waals surface area contributed by atoms with Gasteiger partial charge >= 0.3 is 0 Å². The average molecular weight is 303 g/mol. The first-order valence-corrected chi connectivity index (χ1v) is 9.51. The molecule has 0 aromatic heterocycles. The summed E-state index contributed by atoms with van der Waals surface area (Å²) >= 11 is 0. The van der Waals surface area contributed by atoms with E-state index in [0.717, 1.165) is 51.9 Å². The maximum Gasteiger partial charge on any atom is 0.211 e. The molecular formula is C14H29N3O2S. The van der Waals surface area contributed by atoms with Gasteiger partial charge in [-0.15, -0.1) is 0 Å². The van der Waals surface area contributed by atoms with Gasteiger partial charge in [-0.05, 0) is 64.2 Å². The second kappa shape index (κ2) is 7.20. The van der Waals surface area contributed by atoms with Gasteiger partial charge in [-0.25, -0.2) is 13.1 Å². The quantitative estimate of drug-likeness (QED) is 0.782. The van der Waals surface area contributed by atoms with Gasteiger partial charge in [0.25, 0.3) is 0 Å². The van der Waals surface area contributed by atoms with Crippen LogP contribution in [0.5, 0.6) is 0 Å². The fraction of sp³-hybridized carbons (Fsp3) is 1.00. The Balaban J connectivity index is 1.78. The molecule has 0 amide bonds. The van der Waals surface area contributed by atoms with Crippen molar-refractivity contribution in [2.45, 2.75) is 38.6 Å². The third kappa shape index (κ3) is 4.98. The van der Waals surface area contributed by atoms with Crippen LogP contribution in [0.1, 0.15) is 32.6 Å². The molecule has 2 aliphatic heterocycles. The highest BCUT2D eigenvalue weighted by atomic mass is 32.2. The van der Waals surface area contributed by atoms with E-state index >= 15 is 0 Å². The topological polar surface area (TPSA) is 61.4 Å². The van der Waals surface area contributed by atoms with E-state index in [2.05, 4.69) is 28.9 Å². The minimum Gasteiger partial charge on any atom is -0.317 e. The highest BCUT2D eigenvalue weighted by Gasteiger charge is 2.28. The second-order valence-corrected chi connectivity index (χ2v) is 8.43. The van der Waals surface area contributed by atoms with E-state index in [-0.39, 0.29) is 11.8 Å². The zero-order valence-electron chi connectivity index (χ0n) is 12.8. The summed E-state index contributed by atoms with van der Waals surface area (Å²) in [4.78, 5) is 2.27. The summed E-state index contributed by atoms with van der Waals surface area (Å²) < 4.78 is 27.4. The van der Waals surface area contributed by atoms with Crippen molar-refractivity contribution in [1.29, 1.82) is 0 Å². The van der Waals surface area contributed by atoms with Crippen molar-refractivity contribution in [3.63, 3.8) is 0 Å². The SMILES string of the molecule is CC1CN(C)CCC1NS(=O)(=O)CCC1CCNCC1. The molecular weight excluding hydrogens is 274 g/mol. The minimum atomic E-state index is -3.12. The average Bonchev–Trinajstić information content (AvgIpc) is 2.41. The molecule has 2 heterocycles. The standard InChI is InChI=1S/C14H29N3O2S/c1-12-11-17(2)9-5-14(12)16-20(18,19)10-6-13-3-7-15-8-4-13/h12-16H,3-11H2,1-2H3. The molecule has 0 bridgehead atoms. The Morgan fingerprint density at radius 2 is 1.95 bits per heavy atom. The van der Waals surface area contributed by atoms with Crippen LogP contribution in [0, 0.1) is 11.8 Å². The molecule has 0 saturated carbocycles. The number of sulfonamides is 1. The van der Waals surface area contributed by atoms with Crippen LogP contribution in [-0.4, -0.2) is 58.3 Å². The lowest BCUT2D eigenvalue weighted by Crippen LogP contribution is -2.49. The molecule has 0 aromatic carbocycles. The normalized spacial score (nSPS) is 30.5. The molecule has 2 aliphatic rings. The van der Waals surface area contributed by atoms with E-state index in [1.807, 2.05) is 0 Å². The zero-order valence-corrected chi connectivity index (χ0v) is 13.6. The number of nitrogens with zero attached hydrogens (tertiary/aromatic N) is 1. The molecule has 2 unspecified atom stereocenters. The van der Waals surface area contributed by atoms with Crippen LogP contribution < -0.4 is 10.0 Å². The summed E-state index contributed by atoms with van der Waals surface area (Å²) in [5.74, 6) is 1.25. The summed E-state index contributed by atoms with van der Waals surface area (Å²) in [6.07, 6.45) is 3.95. The first kappa shape index (κ1) is 16.2. The van der Waals surface area contributed by atoms with Crippen LogP contribution in [0.15, 0.2) is 0 Å². The van der Waals surface area contributed by atoms with Crippen molar-refractivity contribution in [3.05, 3.63) is 0 Å². The number of piperidine rings is 2. The molecule has 0 aliphatic carbocycles. The van der Waals surface area contributed by atoms with Crippen LogP contribution in [0.25, 0.3) is 0 Å². The Bertz CT molecular complexity index is 393. The van der Waals surface area contributed by atoms with Gasteiger partial charge in [0.15, 0.2) is 0 Å². The number of hydrogen-bond donors (Lipinski definition) is 2. The van der Waals surface area contributed by atoms with E-state index in [1.165, 1.54) is 0 Å². The van der Waals surface area contributed by atoms with Crippen molar-refractivity contribution in [3.8, 4) is 0 Å². The number of hydrogen-bond acceptors (Lipinski definition) is 4. The van der Waals surface area contributed by atoms with E-state index in [4.69, 9.17) is 0 Å². The Morgan fingerprint density at radius 1 is 1.25 bits per heavy atom. The first-order valence-electron chi connectivity index (χ1n) is 7.85. The molecule has 6 heteroatoms.